The van der Waals surface area contributed by atoms with Crippen molar-refractivity contribution in [1.82, 2.24) is 10.2 Å². The maximum absolute atomic E-state index is 10.8. The van der Waals surface area contributed by atoms with Gasteiger partial charge in [0.1, 0.15) is 0 Å². The van der Waals surface area contributed by atoms with Crippen LogP contribution in [0, 0.1) is 5.92 Å². The van der Waals surface area contributed by atoms with Crippen LogP contribution in [-0.4, -0.2) is 37.5 Å². The SMILES string of the molecule is CC(=O)N(C)CC1CCNC1. The van der Waals surface area contributed by atoms with Gasteiger partial charge in [0.2, 0.25) is 5.91 Å². The van der Waals surface area contributed by atoms with E-state index in [1.807, 2.05) is 7.05 Å². The van der Waals surface area contributed by atoms with Crippen molar-refractivity contribution in [2.24, 2.45) is 5.92 Å². The van der Waals surface area contributed by atoms with E-state index >= 15 is 0 Å². The molecular weight excluding hydrogens is 140 g/mol. The summed E-state index contributed by atoms with van der Waals surface area (Å²) in [5.74, 6) is 0.834. The minimum atomic E-state index is 0.164. The molecule has 0 radical (unpaired) electrons. The Morgan fingerprint density at radius 3 is 2.91 bits per heavy atom. The van der Waals surface area contributed by atoms with Crippen LogP contribution >= 0.6 is 0 Å². The average Bonchev–Trinajstić information content (AvgIpc) is 2.39. The van der Waals surface area contributed by atoms with Crippen LogP contribution in [-0.2, 0) is 4.79 Å². The molecule has 1 amide bonds. The monoisotopic (exact) mass is 156 g/mol. The lowest BCUT2D eigenvalue weighted by Crippen LogP contribution is -2.30. The average molecular weight is 156 g/mol. The summed E-state index contributed by atoms with van der Waals surface area (Å²) >= 11 is 0. The second kappa shape index (κ2) is 3.72. The molecule has 0 bridgehead atoms. The first-order chi connectivity index (χ1) is 5.20. The predicted octanol–water partition coefficient (Wildman–Crippen LogP) is 0.0742. The Morgan fingerprint density at radius 2 is 2.45 bits per heavy atom. The second-order valence-electron chi connectivity index (χ2n) is 3.26. The summed E-state index contributed by atoms with van der Waals surface area (Å²) in [5, 5.41) is 3.28. The van der Waals surface area contributed by atoms with Gasteiger partial charge in [-0.15, -0.1) is 0 Å². The third-order valence-corrected chi connectivity index (χ3v) is 2.23. The predicted molar refractivity (Wildman–Crippen MR) is 44.3 cm³/mol. The van der Waals surface area contributed by atoms with Crippen LogP contribution < -0.4 is 5.32 Å². The van der Waals surface area contributed by atoms with Crippen LogP contribution in [0.15, 0.2) is 0 Å². The summed E-state index contributed by atoms with van der Waals surface area (Å²) in [7, 11) is 1.86. The number of nitrogens with zero attached hydrogens (tertiary/aromatic N) is 1. The van der Waals surface area contributed by atoms with Gasteiger partial charge in [0.25, 0.3) is 0 Å². The molecule has 1 N–H and O–H groups in total. The van der Waals surface area contributed by atoms with E-state index in [4.69, 9.17) is 0 Å². The number of rotatable bonds is 2. The molecule has 0 aromatic rings. The van der Waals surface area contributed by atoms with Crippen molar-refractivity contribution >= 4 is 5.91 Å². The van der Waals surface area contributed by atoms with Crippen molar-refractivity contribution in [3.63, 3.8) is 0 Å². The van der Waals surface area contributed by atoms with E-state index in [2.05, 4.69) is 5.32 Å². The molecule has 1 fully saturated rings. The number of amides is 1. The Bertz CT molecular complexity index is 141. The second-order valence-corrected chi connectivity index (χ2v) is 3.26. The van der Waals surface area contributed by atoms with Crippen LogP contribution in [0.3, 0.4) is 0 Å². The van der Waals surface area contributed by atoms with Gasteiger partial charge in [-0.2, -0.15) is 0 Å². The van der Waals surface area contributed by atoms with E-state index in [1.165, 1.54) is 6.42 Å². The molecule has 1 aliphatic rings. The minimum absolute atomic E-state index is 0.164. The first kappa shape index (κ1) is 8.53. The molecule has 64 valence electrons. The Morgan fingerprint density at radius 1 is 1.73 bits per heavy atom. The van der Waals surface area contributed by atoms with Gasteiger partial charge in [-0.3, -0.25) is 4.79 Å². The highest BCUT2D eigenvalue weighted by atomic mass is 16.2. The molecule has 0 aromatic heterocycles. The zero-order valence-corrected chi connectivity index (χ0v) is 7.26. The van der Waals surface area contributed by atoms with E-state index in [1.54, 1.807) is 11.8 Å². The fraction of sp³-hybridized carbons (Fsp3) is 0.875. The normalized spacial score (nSPS) is 23.6. The van der Waals surface area contributed by atoms with Gasteiger partial charge in [-0.05, 0) is 25.4 Å². The molecule has 3 heteroatoms. The molecule has 1 heterocycles. The zero-order valence-electron chi connectivity index (χ0n) is 7.26. The van der Waals surface area contributed by atoms with Crippen molar-refractivity contribution in [3.05, 3.63) is 0 Å². The van der Waals surface area contributed by atoms with E-state index in [0.29, 0.717) is 5.92 Å². The fourth-order valence-corrected chi connectivity index (χ4v) is 1.39. The molecule has 1 unspecified atom stereocenters. The quantitative estimate of drug-likeness (QED) is 0.614. The first-order valence-corrected chi connectivity index (χ1v) is 4.12. The molecular formula is C8H16N2O. The topological polar surface area (TPSA) is 32.3 Å². The third-order valence-electron chi connectivity index (χ3n) is 2.23. The molecule has 0 saturated carbocycles. The molecule has 1 aliphatic heterocycles. The Balaban J connectivity index is 2.23. The van der Waals surface area contributed by atoms with Gasteiger partial charge < -0.3 is 10.2 Å². The van der Waals surface area contributed by atoms with Gasteiger partial charge in [-0.1, -0.05) is 0 Å². The molecule has 1 rings (SSSR count). The van der Waals surface area contributed by atoms with Gasteiger partial charge in [0.15, 0.2) is 0 Å². The van der Waals surface area contributed by atoms with Crippen LogP contribution in [0.25, 0.3) is 0 Å². The van der Waals surface area contributed by atoms with Crippen LogP contribution in [0.4, 0.5) is 0 Å². The van der Waals surface area contributed by atoms with Gasteiger partial charge >= 0.3 is 0 Å². The van der Waals surface area contributed by atoms with Crippen molar-refractivity contribution in [1.29, 1.82) is 0 Å². The maximum Gasteiger partial charge on any atom is 0.219 e. The van der Waals surface area contributed by atoms with Crippen molar-refractivity contribution < 1.29 is 4.79 Å². The van der Waals surface area contributed by atoms with E-state index in [0.717, 1.165) is 19.6 Å². The lowest BCUT2D eigenvalue weighted by molar-refractivity contribution is -0.128. The van der Waals surface area contributed by atoms with E-state index in [9.17, 15) is 4.79 Å². The molecule has 1 saturated heterocycles. The van der Waals surface area contributed by atoms with Crippen molar-refractivity contribution in [2.45, 2.75) is 13.3 Å². The molecule has 0 aromatic carbocycles. The van der Waals surface area contributed by atoms with Crippen LogP contribution in [0.5, 0.6) is 0 Å². The standard InChI is InChI=1S/C8H16N2O/c1-7(11)10(2)6-8-3-4-9-5-8/h8-9H,3-6H2,1-2H3. The van der Waals surface area contributed by atoms with Crippen LogP contribution in [0.1, 0.15) is 13.3 Å². The highest BCUT2D eigenvalue weighted by Gasteiger charge is 2.16. The smallest absolute Gasteiger partial charge is 0.219 e. The van der Waals surface area contributed by atoms with Crippen molar-refractivity contribution in [2.75, 3.05) is 26.7 Å². The van der Waals surface area contributed by atoms with Gasteiger partial charge in [-0.25, -0.2) is 0 Å². The van der Waals surface area contributed by atoms with E-state index in [-0.39, 0.29) is 5.91 Å². The molecule has 0 aliphatic carbocycles. The Hall–Kier alpha value is -0.570. The number of hydrogen-bond acceptors (Lipinski definition) is 2. The fourth-order valence-electron chi connectivity index (χ4n) is 1.39. The number of carbonyl (C=O) groups excluding carboxylic acids is 1. The molecule has 0 spiro atoms. The summed E-state index contributed by atoms with van der Waals surface area (Å²) in [5.41, 5.74) is 0. The summed E-state index contributed by atoms with van der Waals surface area (Å²) < 4.78 is 0. The van der Waals surface area contributed by atoms with Gasteiger partial charge in [0, 0.05) is 20.5 Å². The minimum Gasteiger partial charge on any atom is -0.346 e. The van der Waals surface area contributed by atoms with Crippen LogP contribution in [0.2, 0.25) is 0 Å². The lowest BCUT2D eigenvalue weighted by atomic mass is 10.1. The third kappa shape index (κ3) is 2.50. The highest BCUT2D eigenvalue weighted by molar-refractivity contribution is 5.72. The lowest BCUT2D eigenvalue weighted by Gasteiger charge is -2.18. The Labute approximate surface area is 67.8 Å². The number of hydrogen-bond donors (Lipinski definition) is 1. The highest BCUT2D eigenvalue weighted by Crippen LogP contribution is 2.08. The largest absolute Gasteiger partial charge is 0.346 e. The van der Waals surface area contributed by atoms with Crippen molar-refractivity contribution in [3.8, 4) is 0 Å². The molecule has 11 heavy (non-hydrogen) atoms. The molecule has 3 nitrogen and oxygen atoms in total. The first-order valence-electron chi connectivity index (χ1n) is 4.12. The summed E-state index contributed by atoms with van der Waals surface area (Å²) in [4.78, 5) is 12.6. The summed E-state index contributed by atoms with van der Waals surface area (Å²) in [6.45, 7) is 4.69. The Kier molecular flexibility index (Phi) is 2.88. The van der Waals surface area contributed by atoms with E-state index < -0.39 is 0 Å². The zero-order chi connectivity index (χ0) is 8.27. The molecule has 1 atom stereocenters. The summed E-state index contributed by atoms with van der Waals surface area (Å²) in [6.07, 6.45) is 1.21. The summed E-state index contributed by atoms with van der Waals surface area (Å²) in [6, 6.07) is 0. The van der Waals surface area contributed by atoms with Gasteiger partial charge in [0.05, 0.1) is 0 Å². The maximum atomic E-state index is 10.8. The number of nitrogens with one attached hydrogen (secondary N) is 1. The number of carbonyl (C=O) groups is 1.